The van der Waals surface area contributed by atoms with Crippen molar-refractivity contribution < 1.29 is 33.0 Å². The second-order valence-corrected chi connectivity index (χ2v) is 8.05. The normalized spacial score (nSPS) is 16.1. The summed E-state index contributed by atoms with van der Waals surface area (Å²) in [5, 5.41) is 19.8. The number of rotatable bonds is 6. The molecule has 1 aromatic carbocycles. The van der Waals surface area contributed by atoms with Crippen LogP contribution in [0, 0.1) is 17.5 Å². The van der Waals surface area contributed by atoms with Gasteiger partial charge < -0.3 is 25.0 Å². The van der Waals surface area contributed by atoms with Gasteiger partial charge in [0.25, 0.3) is 11.8 Å². The number of nitrogens with one attached hydrogen (secondary N) is 1. The van der Waals surface area contributed by atoms with Crippen LogP contribution >= 0.6 is 0 Å². The number of benzene rings is 1. The Bertz CT molecular complexity index is 1160. The first-order chi connectivity index (χ1) is 16.2. The third-order valence-corrected chi connectivity index (χ3v) is 6.03. The zero-order chi connectivity index (χ0) is 25.2. The molecule has 0 radical (unpaired) electrons. The number of hydrogen-bond acceptors (Lipinski definition) is 5. The molecule has 3 heterocycles. The molecule has 0 saturated heterocycles. The van der Waals surface area contributed by atoms with Gasteiger partial charge in [0.2, 0.25) is 5.43 Å². The molecule has 2 aromatic rings. The van der Waals surface area contributed by atoms with Gasteiger partial charge >= 0.3 is 0 Å². The number of aromatic hydroxyl groups is 1. The van der Waals surface area contributed by atoms with Gasteiger partial charge in [0.1, 0.15) is 23.0 Å². The van der Waals surface area contributed by atoms with E-state index in [-0.39, 0.29) is 17.3 Å². The minimum absolute atomic E-state index is 0.123. The van der Waals surface area contributed by atoms with Crippen LogP contribution in [0.25, 0.3) is 0 Å². The summed E-state index contributed by atoms with van der Waals surface area (Å²) in [4.78, 5) is 40.2. The van der Waals surface area contributed by atoms with E-state index in [9.17, 15) is 32.7 Å². The lowest BCUT2D eigenvalue weighted by molar-refractivity contribution is 0.0662. The van der Waals surface area contributed by atoms with Crippen LogP contribution in [0.15, 0.2) is 16.9 Å². The van der Waals surface area contributed by atoms with Gasteiger partial charge in [-0.25, -0.2) is 13.2 Å². The van der Waals surface area contributed by atoms with Crippen molar-refractivity contribution in [3.05, 3.63) is 62.3 Å². The highest BCUT2D eigenvalue weighted by molar-refractivity contribution is 6.00. The average Bonchev–Trinajstić information content (AvgIpc) is 3.21. The molecule has 1 unspecified atom stereocenters. The Kier molecular flexibility index (Phi) is 7.65. The summed E-state index contributed by atoms with van der Waals surface area (Å²) in [6.07, 6.45) is 2.58. The highest BCUT2D eigenvalue weighted by Crippen LogP contribution is 2.36. The predicted molar refractivity (Wildman–Crippen MR) is 116 cm³/mol. The largest absolute Gasteiger partial charge is 0.503 e. The van der Waals surface area contributed by atoms with Gasteiger partial charge in [0.05, 0.1) is 6.04 Å². The summed E-state index contributed by atoms with van der Waals surface area (Å²) in [6, 6.07) is 0.800. The number of nitrogens with zero attached hydrogens (tertiary/aromatic N) is 2. The molecule has 0 bridgehead atoms. The number of aromatic nitrogens is 1. The van der Waals surface area contributed by atoms with Gasteiger partial charge in [0.15, 0.2) is 11.4 Å². The van der Waals surface area contributed by atoms with Crippen molar-refractivity contribution in [1.82, 2.24) is 14.8 Å². The molecule has 3 N–H and O–H groups in total. The lowest BCUT2D eigenvalue weighted by Crippen LogP contribution is -2.45. The monoisotopic (exact) mass is 481 g/mol. The van der Waals surface area contributed by atoms with Crippen LogP contribution in [-0.2, 0) is 13.0 Å². The molecule has 1 aromatic heterocycles. The van der Waals surface area contributed by atoms with Crippen molar-refractivity contribution in [2.24, 2.45) is 0 Å². The number of amides is 2. The van der Waals surface area contributed by atoms with Crippen molar-refractivity contribution in [1.29, 1.82) is 0 Å². The quantitative estimate of drug-likeness (QED) is 0.586. The molecule has 11 heteroatoms. The SMILES string of the molecule is CCCCN1CC2CCc3c(C(=O)NCc4c(F)cc(F)cc4F)c(=O)c(O)c(n32)C1=O.CO. The Morgan fingerprint density at radius 3 is 2.44 bits per heavy atom. The highest BCUT2D eigenvalue weighted by atomic mass is 19.1. The fraction of sp³-hybridized carbons (Fsp3) is 0.435. The van der Waals surface area contributed by atoms with Crippen LogP contribution in [0.1, 0.15) is 64.3 Å². The van der Waals surface area contributed by atoms with Gasteiger partial charge in [0, 0.05) is 50.1 Å². The number of aliphatic hydroxyl groups is 1. The van der Waals surface area contributed by atoms with Gasteiger partial charge in [-0.05, 0) is 19.3 Å². The van der Waals surface area contributed by atoms with Crippen LogP contribution in [0.4, 0.5) is 13.2 Å². The van der Waals surface area contributed by atoms with Gasteiger partial charge in [-0.15, -0.1) is 0 Å². The highest BCUT2D eigenvalue weighted by Gasteiger charge is 2.41. The zero-order valence-electron chi connectivity index (χ0n) is 18.8. The van der Waals surface area contributed by atoms with Crippen LogP contribution in [0.5, 0.6) is 5.75 Å². The Hall–Kier alpha value is -3.34. The van der Waals surface area contributed by atoms with Crippen molar-refractivity contribution in [3.8, 4) is 5.75 Å². The molecular weight excluding hydrogens is 455 g/mol. The molecular formula is C23H26F3N3O5. The average molecular weight is 481 g/mol. The summed E-state index contributed by atoms with van der Waals surface area (Å²) in [5.41, 5.74) is -1.73. The van der Waals surface area contributed by atoms with Crippen LogP contribution < -0.4 is 10.7 Å². The molecule has 0 spiro atoms. The van der Waals surface area contributed by atoms with E-state index in [4.69, 9.17) is 5.11 Å². The zero-order valence-corrected chi connectivity index (χ0v) is 18.8. The van der Waals surface area contributed by atoms with Crippen molar-refractivity contribution in [3.63, 3.8) is 0 Å². The molecule has 2 aliphatic rings. The summed E-state index contributed by atoms with van der Waals surface area (Å²) in [7, 11) is 1.00. The summed E-state index contributed by atoms with van der Waals surface area (Å²) >= 11 is 0. The summed E-state index contributed by atoms with van der Waals surface area (Å²) in [5.74, 6) is -5.64. The standard InChI is InChI=1S/C22H22F3N3O4.CH4O/c1-2-3-6-27-10-12-4-5-16-17(19(29)20(30)18(22(27)32)28(12)16)21(31)26-9-13-14(24)7-11(23)8-15(13)25;1-2/h7-8,12,30H,2-6,9-10H2,1H3,(H,26,31);2H,1H3. The Labute approximate surface area is 193 Å². The molecule has 0 fully saturated rings. The van der Waals surface area contributed by atoms with E-state index in [0.717, 1.165) is 20.0 Å². The van der Waals surface area contributed by atoms with Gasteiger partial charge in [-0.1, -0.05) is 13.3 Å². The minimum Gasteiger partial charge on any atom is -0.503 e. The molecule has 4 rings (SSSR count). The van der Waals surface area contributed by atoms with Crippen molar-refractivity contribution in [2.75, 3.05) is 20.2 Å². The number of halogens is 3. The lowest BCUT2D eigenvalue weighted by Gasteiger charge is -2.34. The van der Waals surface area contributed by atoms with Crippen LogP contribution in [0.2, 0.25) is 0 Å². The third kappa shape index (κ3) is 4.39. The molecule has 8 nitrogen and oxygen atoms in total. The van der Waals surface area contributed by atoms with E-state index in [2.05, 4.69) is 5.32 Å². The van der Waals surface area contributed by atoms with E-state index in [1.54, 1.807) is 9.47 Å². The summed E-state index contributed by atoms with van der Waals surface area (Å²) < 4.78 is 42.4. The molecule has 0 aliphatic carbocycles. The van der Waals surface area contributed by atoms with Crippen LogP contribution in [0.3, 0.4) is 0 Å². The fourth-order valence-electron chi connectivity index (χ4n) is 4.45. The lowest BCUT2D eigenvalue weighted by atomic mass is 10.1. The number of carbonyl (C=O) groups is 2. The third-order valence-electron chi connectivity index (χ3n) is 6.03. The predicted octanol–water partition coefficient (Wildman–Crippen LogP) is 2.25. The maximum absolute atomic E-state index is 13.9. The molecule has 184 valence electrons. The van der Waals surface area contributed by atoms with Crippen molar-refractivity contribution >= 4 is 11.8 Å². The van der Waals surface area contributed by atoms with E-state index >= 15 is 0 Å². The number of unbranched alkanes of at least 4 members (excludes halogenated alkanes) is 1. The number of aliphatic hydroxyl groups excluding tert-OH is 1. The topological polar surface area (TPSA) is 112 Å². The maximum atomic E-state index is 13.9. The van der Waals surface area contributed by atoms with E-state index in [0.29, 0.717) is 43.8 Å². The Balaban J connectivity index is 0.00000158. The molecule has 34 heavy (non-hydrogen) atoms. The maximum Gasteiger partial charge on any atom is 0.274 e. The molecule has 2 amide bonds. The molecule has 2 aliphatic heterocycles. The molecule has 1 atom stereocenters. The first-order valence-corrected chi connectivity index (χ1v) is 10.9. The first kappa shape index (κ1) is 25.3. The van der Waals surface area contributed by atoms with E-state index in [1.165, 1.54) is 0 Å². The Morgan fingerprint density at radius 2 is 1.82 bits per heavy atom. The van der Waals surface area contributed by atoms with E-state index < -0.39 is 52.6 Å². The second-order valence-electron chi connectivity index (χ2n) is 8.05. The van der Waals surface area contributed by atoms with Gasteiger partial charge in [-0.2, -0.15) is 0 Å². The fourth-order valence-corrected chi connectivity index (χ4v) is 4.45. The first-order valence-electron chi connectivity index (χ1n) is 10.9. The van der Waals surface area contributed by atoms with E-state index in [1.807, 2.05) is 6.92 Å². The van der Waals surface area contributed by atoms with Crippen LogP contribution in [-0.4, -0.2) is 51.7 Å². The summed E-state index contributed by atoms with van der Waals surface area (Å²) in [6.45, 7) is 2.29. The number of hydrogen-bond donors (Lipinski definition) is 3. The Morgan fingerprint density at radius 1 is 1.18 bits per heavy atom. The number of carbonyl (C=O) groups excluding carboxylic acids is 2. The number of pyridine rings is 1. The minimum atomic E-state index is -1.17. The smallest absolute Gasteiger partial charge is 0.274 e. The molecule has 0 saturated carbocycles. The second kappa shape index (κ2) is 10.3. The van der Waals surface area contributed by atoms with Crippen molar-refractivity contribution in [2.45, 2.75) is 45.2 Å². The van der Waals surface area contributed by atoms with Gasteiger partial charge in [-0.3, -0.25) is 14.4 Å².